The van der Waals surface area contributed by atoms with E-state index >= 15 is 0 Å². The van der Waals surface area contributed by atoms with Gasteiger partial charge in [-0.25, -0.2) is 9.59 Å². The highest BCUT2D eigenvalue weighted by molar-refractivity contribution is 5.83. The Hall–Kier alpha value is -1.87. The van der Waals surface area contributed by atoms with E-state index in [4.69, 9.17) is 9.84 Å². The molecule has 0 aliphatic carbocycles. The molecule has 122 valence electrons. The summed E-state index contributed by atoms with van der Waals surface area (Å²) in [5, 5.41) is 20.8. The van der Waals surface area contributed by atoms with Crippen molar-refractivity contribution in [2.24, 2.45) is 0 Å². The first-order valence-corrected chi connectivity index (χ1v) is 6.30. The quantitative estimate of drug-likeness (QED) is 0.468. The van der Waals surface area contributed by atoms with Gasteiger partial charge in [-0.05, 0) is 6.42 Å². The lowest BCUT2D eigenvalue weighted by Crippen LogP contribution is -2.48. The number of amides is 2. The van der Waals surface area contributed by atoms with Gasteiger partial charge < -0.3 is 29.9 Å². The van der Waals surface area contributed by atoms with Crippen LogP contribution in [0.5, 0.6) is 0 Å². The molecule has 3 N–H and O–H groups in total. The fourth-order valence-corrected chi connectivity index (χ4v) is 1.52. The summed E-state index contributed by atoms with van der Waals surface area (Å²) in [6, 6.07) is -1.87. The van der Waals surface area contributed by atoms with Crippen molar-refractivity contribution in [3.05, 3.63) is 0 Å². The number of nitrogens with one attached hydrogen (secondary N) is 1. The maximum Gasteiger partial charge on any atom is 0.326 e. The Morgan fingerprint density at radius 1 is 1.29 bits per heavy atom. The number of rotatable bonds is 9. The molecule has 0 aromatic carbocycles. The number of aliphatic hydroxyl groups is 1. The van der Waals surface area contributed by atoms with Gasteiger partial charge in [0.1, 0.15) is 6.04 Å². The van der Waals surface area contributed by atoms with E-state index in [-0.39, 0.29) is 26.0 Å². The molecule has 9 nitrogen and oxygen atoms in total. The first kappa shape index (κ1) is 19.1. The molecule has 9 heteroatoms. The van der Waals surface area contributed by atoms with Crippen molar-refractivity contribution in [2.45, 2.75) is 25.0 Å². The summed E-state index contributed by atoms with van der Waals surface area (Å²) in [6.07, 6.45) is -1.07. The van der Waals surface area contributed by atoms with Crippen LogP contribution in [0, 0.1) is 0 Å². The topological polar surface area (TPSA) is 125 Å². The van der Waals surface area contributed by atoms with Crippen LogP contribution >= 0.6 is 0 Å². The lowest BCUT2D eigenvalue weighted by molar-refractivity contribution is -0.142. The van der Waals surface area contributed by atoms with E-state index in [9.17, 15) is 19.5 Å². The molecule has 0 aromatic heterocycles. The van der Waals surface area contributed by atoms with Crippen LogP contribution in [-0.4, -0.2) is 79.6 Å². The molecular formula is C12H22N2O7. The number of carboxylic acid groups (broad SMARTS) is 1. The summed E-state index contributed by atoms with van der Waals surface area (Å²) in [7, 11) is 4.02. The molecule has 0 heterocycles. The van der Waals surface area contributed by atoms with Gasteiger partial charge in [-0.15, -0.1) is 0 Å². The zero-order chi connectivity index (χ0) is 16.4. The average Bonchev–Trinajstić information content (AvgIpc) is 2.42. The Balaban J connectivity index is 4.39. The van der Waals surface area contributed by atoms with Crippen molar-refractivity contribution >= 4 is 18.0 Å². The summed E-state index contributed by atoms with van der Waals surface area (Å²) in [4.78, 5) is 35.0. The molecule has 0 rings (SSSR count). The second kappa shape index (κ2) is 9.94. The van der Waals surface area contributed by atoms with E-state index in [2.05, 4.69) is 10.1 Å². The highest BCUT2D eigenvalue weighted by atomic mass is 16.5. The molecule has 0 spiro atoms. The van der Waals surface area contributed by atoms with Gasteiger partial charge in [-0.3, -0.25) is 4.79 Å². The van der Waals surface area contributed by atoms with Crippen molar-refractivity contribution in [1.29, 1.82) is 0 Å². The Bertz CT molecular complexity index is 362. The molecule has 0 saturated heterocycles. The minimum absolute atomic E-state index is 0.0109. The van der Waals surface area contributed by atoms with Gasteiger partial charge >= 0.3 is 18.0 Å². The van der Waals surface area contributed by atoms with E-state index in [0.29, 0.717) is 0 Å². The Kier molecular flexibility index (Phi) is 9.06. The molecule has 2 amide bonds. The minimum Gasteiger partial charge on any atom is -0.480 e. The average molecular weight is 306 g/mol. The predicted molar refractivity (Wildman–Crippen MR) is 71.7 cm³/mol. The van der Waals surface area contributed by atoms with Crippen molar-refractivity contribution in [3.8, 4) is 0 Å². The number of carboxylic acids is 1. The molecule has 0 aliphatic rings. The minimum atomic E-state index is -1.25. The molecule has 2 atom stereocenters. The Labute approximate surface area is 122 Å². The van der Waals surface area contributed by atoms with Crippen LogP contribution in [0.2, 0.25) is 0 Å². The molecule has 0 saturated carbocycles. The van der Waals surface area contributed by atoms with Crippen LogP contribution in [0.25, 0.3) is 0 Å². The molecule has 21 heavy (non-hydrogen) atoms. The van der Waals surface area contributed by atoms with Crippen molar-refractivity contribution in [2.75, 3.05) is 34.4 Å². The number of methoxy groups -OCH3 is 2. The molecular weight excluding hydrogens is 284 g/mol. The summed E-state index contributed by atoms with van der Waals surface area (Å²) >= 11 is 0. The van der Waals surface area contributed by atoms with Gasteiger partial charge in [-0.2, -0.15) is 0 Å². The number of esters is 1. The standard InChI is InChI=1S/C12H22N2O7/c1-14(6-8(15)7-20-2)12(19)13-9(11(17)18)4-5-10(16)21-3/h8-9,15H,4-7H2,1-3H3,(H,13,19)(H,17,18)/t8?,9-/m0/s1. The van der Waals surface area contributed by atoms with Crippen molar-refractivity contribution in [3.63, 3.8) is 0 Å². The molecule has 1 unspecified atom stereocenters. The zero-order valence-corrected chi connectivity index (χ0v) is 12.4. The normalized spacial score (nSPS) is 13.1. The van der Waals surface area contributed by atoms with Crippen LogP contribution in [0.1, 0.15) is 12.8 Å². The number of urea groups is 1. The molecule has 0 aromatic rings. The van der Waals surface area contributed by atoms with E-state index in [0.717, 1.165) is 4.90 Å². The van der Waals surface area contributed by atoms with Gasteiger partial charge in [0.05, 0.1) is 26.4 Å². The molecule has 0 fully saturated rings. The summed E-state index contributed by atoms with van der Waals surface area (Å²) in [5.74, 6) is -1.81. The number of aliphatic carboxylic acids is 1. The number of nitrogens with zero attached hydrogens (tertiary/aromatic N) is 1. The number of hydrogen-bond acceptors (Lipinski definition) is 6. The number of hydrogen-bond donors (Lipinski definition) is 3. The third kappa shape index (κ3) is 8.10. The molecule has 0 bridgehead atoms. The third-order valence-electron chi connectivity index (χ3n) is 2.65. The van der Waals surface area contributed by atoms with Crippen molar-refractivity contribution in [1.82, 2.24) is 10.2 Å². The lowest BCUT2D eigenvalue weighted by Gasteiger charge is -2.23. The first-order chi connectivity index (χ1) is 9.81. The third-order valence-corrected chi connectivity index (χ3v) is 2.65. The van der Waals surface area contributed by atoms with Crippen molar-refractivity contribution < 1.29 is 34.1 Å². The first-order valence-electron chi connectivity index (χ1n) is 6.30. The second-order valence-corrected chi connectivity index (χ2v) is 4.44. The zero-order valence-electron chi connectivity index (χ0n) is 12.4. The number of likely N-dealkylation sites (N-methyl/N-ethyl adjacent to an activating group) is 1. The van der Waals surface area contributed by atoms with Gasteiger partial charge in [0.2, 0.25) is 0 Å². The van der Waals surface area contributed by atoms with Crippen LogP contribution in [-0.2, 0) is 19.1 Å². The highest BCUT2D eigenvalue weighted by Crippen LogP contribution is 2.01. The number of carbonyl (C=O) groups is 3. The van der Waals surface area contributed by atoms with E-state index in [1.54, 1.807) is 0 Å². The smallest absolute Gasteiger partial charge is 0.326 e. The highest BCUT2D eigenvalue weighted by Gasteiger charge is 2.23. The van der Waals surface area contributed by atoms with Gasteiger partial charge in [0.15, 0.2) is 0 Å². The monoisotopic (exact) mass is 306 g/mol. The lowest BCUT2D eigenvalue weighted by atomic mass is 10.1. The van der Waals surface area contributed by atoms with Gasteiger partial charge in [0, 0.05) is 20.6 Å². The fourth-order valence-electron chi connectivity index (χ4n) is 1.52. The van der Waals surface area contributed by atoms with Gasteiger partial charge in [0.25, 0.3) is 0 Å². The maximum absolute atomic E-state index is 11.8. The molecule has 0 radical (unpaired) electrons. The number of carbonyl (C=O) groups excluding carboxylic acids is 2. The van der Waals surface area contributed by atoms with Gasteiger partial charge in [-0.1, -0.05) is 0 Å². The van der Waals surface area contributed by atoms with E-state index in [1.807, 2.05) is 0 Å². The van der Waals surface area contributed by atoms with E-state index in [1.165, 1.54) is 21.3 Å². The van der Waals surface area contributed by atoms with Crippen LogP contribution in [0.4, 0.5) is 4.79 Å². The summed E-state index contributed by atoms with van der Waals surface area (Å²) < 4.78 is 9.14. The van der Waals surface area contributed by atoms with Crippen LogP contribution in [0.3, 0.4) is 0 Å². The van der Waals surface area contributed by atoms with Crippen LogP contribution < -0.4 is 5.32 Å². The van der Waals surface area contributed by atoms with Crippen LogP contribution in [0.15, 0.2) is 0 Å². The summed E-state index contributed by atoms with van der Waals surface area (Å²) in [5.41, 5.74) is 0. The molecule has 0 aliphatic heterocycles. The Morgan fingerprint density at radius 3 is 2.38 bits per heavy atom. The summed E-state index contributed by atoms with van der Waals surface area (Å²) in [6.45, 7) is 0.0470. The van der Waals surface area contributed by atoms with E-state index < -0.39 is 30.1 Å². The predicted octanol–water partition coefficient (Wildman–Crippen LogP) is -0.958. The number of ether oxygens (including phenoxy) is 2. The largest absolute Gasteiger partial charge is 0.480 e. The second-order valence-electron chi connectivity index (χ2n) is 4.44. The maximum atomic E-state index is 11.8. The number of aliphatic hydroxyl groups excluding tert-OH is 1. The SMILES string of the molecule is COCC(O)CN(C)C(=O)N[C@@H](CCC(=O)OC)C(=O)O. The Morgan fingerprint density at radius 2 is 1.90 bits per heavy atom. The fraction of sp³-hybridized carbons (Fsp3) is 0.750.